The molecule has 1 aromatic heterocycles. The quantitative estimate of drug-likeness (QED) is 0.0383. The van der Waals surface area contributed by atoms with Crippen LogP contribution in [0, 0.1) is 17.0 Å². The number of nitrogens with one attached hydrogen (secondary N) is 7. The van der Waals surface area contributed by atoms with Gasteiger partial charge in [-0.05, 0) is 94.7 Å². The number of Topliss-reactive ketones (excluding diaryl/α,β-unsaturated/α-hetero) is 1. The van der Waals surface area contributed by atoms with Gasteiger partial charge in [0.15, 0.2) is 0 Å². The highest BCUT2D eigenvalue weighted by Crippen LogP contribution is 2.41. The third-order valence-corrected chi connectivity index (χ3v) is 12.7. The first-order chi connectivity index (χ1) is 38.1. The van der Waals surface area contributed by atoms with Crippen molar-refractivity contribution in [2.45, 2.75) is 149 Å². The van der Waals surface area contributed by atoms with Crippen LogP contribution >= 0.6 is 0 Å². The van der Waals surface area contributed by atoms with E-state index < -0.39 is 176 Å². The van der Waals surface area contributed by atoms with Crippen molar-refractivity contribution in [2.75, 3.05) is 26.2 Å². The van der Waals surface area contributed by atoms with Gasteiger partial charge in [0.1, 0.15) is 60.3 Å². The molecule has 12 N–H and O–H groups in total. The van der Waals surface area contributed by atoms with Crippen molar-refractivity contribution in [2.24, 2.45) is 11.1 Å². The minimum Gasteiger partial charge on any atom is -0.481 e. The first kappa shape index (κ1) is 67.1. The number of nitrogens with two attached hydrogens (primary N) is 1. The Kier molecular flexibility index (Phi) is 26.7. The summed E-state index contributed by atoms with van der Waals surface area (Å²) >= 11 is 0. The van der Waals surface area contributed by atoms with Crippen LogP contribution in [0.4, 0.5) is 8.78 Å². The predicted octanol–water partition coefficient (Wildman–Crippen LogP) is 1.31. The average molecular weight is 1140 g/mol. The maximum Gasteiger partial charge on any atom is 0.326 e. The van der Waals surface area contributed by atoms with Crippen LogP contribution in [-0.4, -0.2) is 152 Å². The Morgan fingerprint density at radius 3 is 1.88 bits per heavy atom. The third kappa shape index (κ3) is 22.1. The monoisotopic (exact) mass is 1140 g/mol. The molecule has 1 heterocycles. The van der Waals surface area contributed by atoms with E-state index in [1.165, 1.54) is 25.7 Å². The number of aliphatic hydroxyl groups excluding tert-OH is 1. The first-order valence-corrected chi connectivity index (χ1v) is 26.4. The zero-order valence-electron chi connectivity index (χ0n) is 46.6. The summed E-state index contributed by atoms with van der Waals surface area (Å²) in [6, 6.07) is 3.97. The van der Waals surface area contributed by atoms with Crippen LogP contribution in [0.1, 0.15) is 117 Å². The lowest BCUT2D eigenvalue weighted by Crippen LogP contribution is -2.58. The van der Waals surface area contributed by atoms with E-state index in [2.05, 4.69) is 37.2 Å². The summed E-state index contributed by atoms with van der Waals surface area (Å²) in [6.45, 7) is 8.79. The lowest BCUT2D eigenvalue weighted by atomic mass is 9.82. The molecular formula is C55H76F2N10O14. The number of carboxylic acids is 2. The van der Waals surface area contributed by atoms with E-state index in [0.29, 0.717) is 25.1 Å². The molecule has 2 aromatic carbocycles. The van der Waals surface area contributed by atoms with Gasteiger partial charge in [-0.2, -0.15) is 0 Å². The van der Waals surface area contributed by atoms with Gasteiger partial charge in [0, 0.05) is 68.8 Å². The summed E-state index contributed by atoms with van der Waals surface area (Å²) in [5.41, 5.74) is 5.94. The van der Waals surface area contributed by atoms with Crippen molar-refractivity contribution in [1.29, 1.82) is 0 Å². The molecule has 0 radical (unpaired) electrons. The van der Waals surface area contributed by atoms with Crippen molar-refractivity contribution in [3.05, 3.63) is 83.7 Å². The number of amides is 8. The smallest absolute Gasteiger partial charge is 0.326 e. The number of aromatic nitrogens is 1. The number of hydrogen-bond donors (Lipinski definition) is 11. The van der Waals surface area contributed by atoms with Crippen LogP contribution < -0.4 is 43.0 Å². The molecular weight excluding hydrogens is 1060 g/mol. The Morgan fingerprint density at radius 2 is 1.30 bits per heavy atom. The van der Waals surface area contributed by atoms with Crippen molar-refractivity contribution < 1.29 is 76.8 Å². The van der Waals surface area contributed by atoms with Gasteiger partial charge in [-0.25, -0.2) is 13.6 Å². The lowest BCUT2D eigenvalue weighted by Gasteiger charge is -2.41. The summed E-state index contributed by atoms with van der Waals surface area (Å²) in [5.74, 6) is -11.7. The summed E-state index contributed by atoms with van der Waals surface area (Å²) in [6.07, 6.45) is 0.199. The van der Waals surface area contributed by atoms with Gasteiger partial charge in [0.2, 0.25) is 47.3 Å². The molecule has 0 saturated carbocycles. The Balaban J connectivity index is 2.02. The number of carboxylic acid groups (broad SMARTS) is 2. The van der Waals surface area contributed by atoms with Gasteiger partial charge in [-0.3, -0.25) is 47.9 Å². The summed E-state index contributed by atoms with van der Waals surface area (Å²) in [7, 11) is 0. The number of nitrogens with zero attached hydrogens (tertiary/aromatic N) is 2. The number of benzene rings is 2. The standard InChI is InChI=1S/C55H76F2N10O14/c1-31(69)25-43(65-50(76)33(3)60-49(75)32(2)61-52(78)40(62-34(4)70)15-11-12-22-58)53(79)64-41(51(77)59-23-20-45(71)63-42(54(80)81)18-19-47(73)74)21-24-67(46(72)30-68)48(55(5,6)7)44-26-36(38-27-37(56)16-17-39(38)57)29-66(44)28-35-13-9-8-10-14-35/h8-10,13-14,16-17,26-27,29,32-33,40-43,48,68H,11-12,15,18-25,28,30,58H2,1-7H3,(H,59,77)(H,60,75)(H,61,78)(H,62,70)(H,63,71)(H,64,79)(H,65,76)(H,73,74)(H,80,81)/t32-,33-,40-,41-,42-,43-,48-/m0/s1. The van der Waals surface area contributed by atoms with Crippen molar-refractivity contribution in [3.63, 3.8) is 0 Å². The third-order valence-electron chi connectivity index (χ3n) is 12.7. The molecule has 444 valence electrons. The van der Waals surface area contributed by atoms with Crippen molar-refractivity contribution in [3.8, 4) is 11.1 Å². The molecule has 0 spiro atoms. The second-order valence-corrected chi connectivity index (χ2v) is 20.7. The van der Waals surface area contributed by atoms with Gasteiger partial charge < -0.3 is 67.7 Å². The normalized spacial score (nSPS) is 13.8. The molecule has 0 saturated heterocycles. The second-order valence-electron chi connectivity index (χ2n) is 20.7. The fourth-order valence-corrected chi connectivity index (χ4v) is 8.71. The van der Waals surface area contributed by atoms with E-state index in [9.17, 15) is 67.3 Å². The van der Waals surface area contributed by atoms with E-state index in [1.54, 1.807) is 55.8 Å². The second kappa shape index (κ2) is 32.2. The predicted molar refractivity (Wildman–Crippen MR) is 290 cm³/mol. The van der Waals surface area contributed by atoms with Gasteiger partial charge >= 0.3 is 11.9 Å². The Labute approximate surface area is 468 Å². The molecule has 81 heavy (non-hydrogen) atoms. The summed E-state index contributed by atoms with van der Waals surface area (Å²) < 4.78 is 31.8. The Hall–Kier alpha value is -8.13. The summed E-state index contributed by atoms with van der Waals surface area (Å²) in [5, 5.41) is 46.0. The fraction of sp³-hybridized carbons (Fsp3) is 0.509. The fourth-order valence-electron chi connectivity index (χ4n) is 8.71. The molecule has 24 nitrogen and oxygen atoms in total. The van der Waals surface area contributed by atoms with Crippen LogP contribution in [0.15, 0.2) is 60.8 Å². The molecule has 7 atom stereocenters. The largest absolute Gasteiger partial charge is 0.481 e. The first-order valence-electron chi connectivity index (χ1n) is 26.4. The molecule has 26 heteroatoms. The topological polar surface area (TPSA) is 367 Å². The Bertz CT molecular complexity index is 2720. The average Bonchev–Trinajstić information content (AvgIpc) is 4.08. The number of carbonyl (C=O) groups excluding carboxylic acids is 9. The van der Waals surface area contributed by atoms with Crippen LogP contribution in [0.25, 0.3) is 11.1 Å². The van der Waals surface area contributed by atoms with Crippen molar-refractivity contribution in [1.82, 2.24) is 46.7 Å². The zero-order chi connectivity index (χ0) is 60.7. The van der Waals surface area contributed by atoms with E-state index >= 15 is 4.39 Å². The molecule has 0 fully saturated rings. The van der Waals surface area contributed by atoms with Gasteiger partial charge in [-0.1, -0.05) is 51.1 Å². The molecule has 3 rings (SSSR count). The maximum absolute atomic E-state index is 15.4. The highest BCUT2D eigenvalue weighted by atomic mass is 19.1. The molecule has 0 aliphatic carbocycles. The highest BCUT2D eigenvalue weighted by Gasteiger charge is 2.39. The number of aliphatic hydroxyl groups is 1. The molecule has 0 unspecified atom stereocenters. The van der Waals surface area contributed by atoms with Gasteiger partial charge in [0.25, 0.3) is 0 Å². The molecule has 0 aliphatic rings. The molecule has 0 aliphatic heterocycles. The number of aliphatic carboxylic acids is 2. The van der Waals surface area contributed by atoms with E-state index in [1.807, 2.05) is 12.1 Å². The summed E-state index contributed by atoms with van der Waals surface area (Å²) in [4.78, 5) is 144. The highest BCUT2D eigenvalue weighted by molar-refractivity contribution is 5.98. The maximum atomic E-state index is 15.4. The van der Waals surface area contributed by atoms with E-state index in [-0.39, 0.29) is 24.1 Å². The van der Waals surface area contributed by atoms with Crippen LogP contribution in [0.5, 0.6) is 0 Å². The lowest BCUT2D eigenvalue weighted by molar-refractivity contribution is -0.143. The van der Waals surface area contributed by atoms with Gasteiger partial charge in [0.05, 0.1) is 6.04 Å². The number of rotatable bonds is 33. The molecule has 3 aromatic rings. The molecule has 8 amide bonds. The number of ketones is 1. The van der Waals surface area contributed by atoms with Crippen LogP contribution in [0.3, 0.4) is 0 Å². The number of carbonyl (C=O) groups is 11. The number of unbranched alkanes of at least 4 members (excludes halogenated alkanes) is 1. The van der Waals surface area contributed by atoms with Crippen LogP contribution in [-0.2, 0) is 59.3 Å². The molecule has 0 bridgehead atoms. The number of hydrogen-bond acceptors (Lipinski definition) is 13. The van der Waals surface area contributed by atoms with Crippen LogP contribution in [0.2, 0.25) is 0 Å². The SMILES string of the molecule is CC(=O)C[C@H](NC(=O)[C@H](C)NC(=O)[C@H](C)NC(=O)[C@H](CCCCN)NC(C)=O)C(=O)N[C@@H](CCN(C(=O)CO)[C@@H](c1cc(-c2cc(F)ccc2F)cn1Cc1ccccc1)C(C)(C)C)C(=O)NCCC(=O)N[C@@H](CCC(=O)O)C(=O)O. The minimum atomic E-state index is -1.71. The van der Waals surface area contributed by atoms with Crippen molar-refractivity contribution >= 4 is 65.0 Å². The van der Waals surface area contributed by atoms with E-state index in [4.69, 9.17) is 10.8 Å². The van der Waals surface area contributed by atoms with Gasteiger partial charge in [-0.15, -0.1) is 0 Å². The minimum absolute atomic E-state index is 0.0899. The Morgan fingerprint density at radius 1 is 0.691 bits per heavy atom. The zero-order valence-corrected chi connectivity index (χ0v) is 46.6. The van der Waals surface area contributed by atoms with E-state index in [0.717, 1.165) is 30.7 Å². The number of halogens is 2.